The monoisotopic (exact) mass is 209 g/mol. The van der Waals surface area contributed by atoms with Gasteiger partial charge in [-0.25, -0.2) is 0 Å². The maximum absolute atomic E-state index is 3.76. The molecule has 0 aliphatic heterocycles. The largest absolute Gasteiger partial charge is 0.358 e. The summed E-state index contributed by atoms with van der Waals surface area (Å²) >= 11 is 0. The zero-order chi connectivity index (χ0) is 5.98. The standard InChI is InChI=1S/C8H9.CH3.Y/c1-7-3-5-8(2)6-4-7;;/h3-6H,1H2,2H3;1H3;/q2*-1;. The van der Waals surface area contributed by atoms with Gasteiger partial charge in [-0.3, -0.25) is 0 Å². The predicted molar refractivity (Wildman–Crippen MR) is 42.1 cm³/mol. The van der Waals surface area contributed by atoms with Gasteiger partial charge in [0.05, 0.1) is 0 Å². The molecule has 0 fully saturated rings. The minimum Gasteiger partial charge on any atom is -0.358 e. The second-order valence-corrected chi connectivity index (χ2v) is 1.99. The van der Waals surface area contributed by atoms with Crippen LogP contribution < -0.4 is 0 Å². The summed E-state index contributed by atoms with van der Waals surface area (Å²) in [5.74, 6) is 0. The average Bonchev–Trinajstić information content (AvgIpc) is 1.77. The summed E-state index contributed by atoms with van der Waals surface area (Å²) < 4.78 is 0. The van der Waals surface area contributed by atoms with Gasteiger partial charge < -0.3 is 7.43 Å². The first kappa shape index (κ1) is 12.8. The van der Waals surface area contributed by atoms with Crippen LogP contribution in [0.25, 0.3) is 0 Å². The van der Waals surface area contributed by atoms with Gasteiger partial charge in [-0.2, -0.15) is 24.6 Å². The molecule has 0 spiro atoms. The van der Waals surface area contributed by atoms with E-state index in [0.717, 1.165) is 5.56 Å². The van der Waals surface area contributed by atoms with Gasteiger partial charge in [0.25, 0.3) is 0 Å². The van der Waals surface area contributed by atoms with Crippen LogP contribution in [0.2, 0.25) is 0 Å². The minimum atomic E-state index is 0. The van der Waals surface area contributed by atoms with E-state index < -0.39 is 0 Å². The van der Waals surface area contributed by atoms with E-state index in [4.69, 9.17) is 0 Å². The van der Waals surface area contributed by atoms with Gasteiger partial charge in [0.1, 0.15) is 0 Å². The number of hydrogen-bond acceptors (Lipinski definition) is 0. The van der Waals surface area contributed by atoms with Crippen molar-refractivity contribution < 1.29 is 32.7 Å². The van der Waals surface area contributed by atoms with Crippen molar-refractivity contribution in [2.75, 3.05) is 0 Å². The second-order valence-electron chi connectivity index (χ2n) is 1.99. The van der Waals surface area contributed by atoms with Crippen molar-refractivity contribution in [2.24, 2.45) is 0 Å². The molecule has 0 aliphatic carbocycles. The first-order valence-electron chi connectivity index (χ1n) is 2.67. The molecular formula is C9H12Y-2. The third kappa shape index (κ3) is 4.08. The number of rotatable bonds is 0. The Bertz CT molecular complexity index is 144. The number of aryl methyl sites for hydroxylation is 1. The molecule has 1 rings (SSSR count). The van der Waals surface area contributed by atoms with E-state index in [1.807, 2.05) is 12.1 Å². The molecule has 0 nitrogen and oxygen atoms in total. The zero-order valence-corrected chi connectivity index (χ0v) is 9.43. The molecule has 0 saturated carbocycles. The van der Waals surface area contributed by atoms with Crippen LogP contribution in [0.4, 0.5) is 0 Å². The van der Waals surface area contributed by atoms with Crippen molar-refractivity contribution in [1.82, 2.24) is 0 Å². The van der Waals surface area contributed by atoms with Crippen molar-refractivity contribution in [1.29, 1.82) is 0 Å². The second kappa shape index (κ2) is 5.94. The summed E-state index contributed by atoms with van der Waals surface area (Å²) in [7, 11) is 0. The van der Waals surface area contributed by atoms with Gasteiger partial charge >= 0.3 is 0 Å². The fourth-order valence-electron chi connectivity index (χ4n) is 0.588. The summed E-state index contributed by atoms with van der Waals surface area (Å²) in [6, 6.07) is 8.13. The van der Waals surface area contributed by atoms with E-state index in [1.54, 1.807) is 0 Å². The first-order chi connectivity index (χ1) is 3.79. The molecule has 10 heavy (non-hydrogen) atoms. The Hall–Kier alpha value is 0.194. The Kier molecular flexibility index (Phi) is 7.62. The maximum Gasteiger partial charge on any atom is 0 e. The zero-order valence-electron chi connectivity index (χ0n) is 6.59. The number of hydrogen-bond donors (Lipinski definition) is 0. The smallest absolute Gasteiger partial charge is 0 e. The fraction of sp³-hybridized carbons (Fsp3) is 0.111. The van der Waals surface area contributed by atoms with Crippen LogP contribution in [-0.4, -0.2) is 0 Å². The van der Waals surface area contributed by atoms with Crippen LogP contribution in [0.1, 0.15) is 11.1 Å². The summed E-state index contributed by atoms with van der Waals surface area (Å²) in [4.78, 5) is 0. The normalized spacial score (nSPS) is 7.30. The number of benzene rings is 1. The molecule has 1 aromatic rings. The van der Waals surface area contributed by atoms with Gasteiger partial charge in [-0.1, -0.05) is 5.56 Å². The molecule has 0 aromatic heterocycles. The summed E-state index contributed by atoms with van der Waals surface area (Å²) in [5, 5.41) is 0. The van der Waals surface area contributed by atoms with Gasteiger partial charge in [0.15, 0.2) is 0 Å². The Morgan fingerprint density at radius 1 is 1.10 bits per heavy atom. The Morgan fingerprint density at radius 2 is 1.50 bits per heavy atom. The van der Waals surface area contributed by atoms with Crippen LogP contribution in [0.3, 0.4) is 0 Å². The fourth-order valence-corrected chi connectivity index (χ4v) is 0.588. The Morgan fingerprint density at radius 3 is 1.80 bits per heavy atom. The molecule has 0 atom stereocenters. The van der Waals surface area contributed by atoms with Crippen molar-refractivity contribution in [2.45, 2.75) is 6.92 Å². The molecule has 0 amide bonds. The van der Waals surface area contributed by atoms with E-state index >= 15 is 0 Å². The van der Waals surface area contributed by atoms with Crippen molar-refractivity contribution in [3.63, 3.8) is 0 Å². The van der Waals surface area contributed by atoms with Gasteiger partial charge in [0.2, 0.25) is 0 Å². The van der Waals surface area contributed by atoms with Crippen molar-refractivity contribution >= 4 is 0 Å². The molecule has 1 radical (unpaired) electrons. The molecule has 0 saturated heterocycles. The third-order valence-electron chi connectivity index (χ3n) is 1.12. The third-order valence-corrected chi connectivity index (χ3v) is 1.12. The van der Waals surface area contributed by atoms with Crippen molar-refractivity contribution in [3.8, 4) is 0 Å². The van der Waals surface area contributed by atoms with Crippen LogP contribution >= 0.6 is 0 Å². The molecule has 53 valence electrons. The molecule has 1 aromatic carbocycles. The maximum atomic E-state index is 3.76. The predicted octanol–water partition coefficient (Wildman–Crippen LogP) is 2.63. The minimum absolute atomic E-state index is 0. The molecule has 1 heteroatoms. The molecular weight excluding hydrogens is 197 g/mol. The Balaban J connectivity index is 0. The summed E-state index contributed by atoms with van der Waals surface area (Å²) in [5.41, 5.74) is 2.37. The first-order valence-corrected chi connectivity index (χ1v) is 2.67. The molecule has 0 heterocycles. The van der Waals surface area contributed by atoms with E-state index in [0.29, 0.717) is 0 Å². The molecule has 0 N–H and O–H groups in total. The van der Waals surface area contributed by atoms with Crippen molar-refractivity contribution in [3.05, 3.63) is 49.7 Å². The van der Waals surface area contributed by atoms with Crippen LogP contribution in [0.15, 0.2) is 24.3 Å². The van der Waals surface area contributed by atoms with E-state index in [-0.39, 0.29) is 40.1 Å². The molecule has 0 bridgehead atoms. The van der Waals surface area contributed by atoms with E-state index in [1.165, 1.54) is 5.56 Å². The van der Waals surface area contributed by atoms with E-state index in [2.05, 4.69) is 26.0 Å². The van der Waals surface area contributed by atoms with E-state index in [9.17, 15) is 0 Å². The quantitative estimate of drug-likeness (QED) is 0.576. The topological polar surface area (TPSA) is 0 Å². The van der Waals surface area contributed by atoms with Gasteiger partial charge in [-0.15, -0.1) is 12.1 Å². The van der Waals surface area contributed by atoms with Gasteiger partial charge in [0, 0.05) is 32.7 Å². The summed E-state index contributed by atoms with van der Waals surface area (Å²) in [6.45, 7) is 5.83. The van der Waals surface area contributed by atoms with Gasteiger partial charge in [-0.05, 0) is 6.92 Å². The van der Waals surface area contributed by atoms with Crippen LogP contribution in [0.5, 0.6) is 0 Å². The van der Waals surface area contributed by atoms with Crippen LogP contribution in [-0.2, 0) is 32.7 Å². The average molecular weight is 209 g/mol. The molecule has 0 aliphatic rings. The SMILES string of the molecule is [CH2-]c1ccc(C)cc1.[CH3-].[Y]. The summed E-state index contributed by atoms with van der Waals surface area (Å²) in [6.07, 6.45) is 0. The Labute approximate surface area is 88.9 Å². The van der Waals surface area contributed by atoms with Crippen LogP contribution in [0, 0.1) is 21.3 Å². The molecule has 0 unspecified atom stereocenters.